The first-order chi connectivity index (χ1) is 17.4. The van der Waals surface area contributed by atoms with Crippen LogP contribution in [0, 0.1) is 5.82 Å². The SMILES string of the molecule is C[C@H](Nc1nc(-c2c[nH]c3ncc(Cl)cc23)ncc1F)C(=O)CCCNC(=O)OCc1ccccc1. The number of Topliss-reactive ketones (excluding diaryl/α,β-unsaturated/α-hetero) is 1. The van der Waals surface area contributed by atoms with Crippen molar-refractivity contribution in [3.8, 4) is 11.4 Å². The Balaban J connectivity index is 1.28. The van der Waals surface area contributed by atoms with E-state index in [1.807, 2.05) is 30.3 Å². The lowest BCUT2D eigenvalue weighted by Gasteiger charge is -2.14. The first-order valence-electron chi connectivity index (χ1n) is 11.3. The summed E-state index contributed by atoms with van der Waals surface area (Å²) in [4.78, 5) is 39.9. The summed E-state index contributed by atoms with van der Waals surface area (Å²) >= 11 is 6.05. The molecule has 186 valence electrons. The molecular formula is C25H24ClFN6O3. The van der Waals surface area contributed by atoms with Crippen LogP contribution >= 0.6 is 11.6 Å². The molecule has 0 aliphatic heterocycles. The number of hydrogen-bond acceptors (Lipinski definition) is 7. The van der Waals surface area contributed by atoms with Gasteiger partial charge in [0, 0.05) is 36.3 Å². The number of halogens is 2. The predicted octanol–water partition coefficient (Wildman–Crippen LogP) is 4.89. The summed E-state index contributed by atoms with van der Waals surface area (Å²) in [6.07, 6.45) is 4.26. The number of nitrogens with zero attached hydrogens (tertiary/aromatic N) is 3. The Labute approximate surface area is 211 Å². The third kappa shape index (κ3) is 6.33. The maximum absolute atomic E-state index is 14.4. The van der Waals surface area contributed by atoms with Gasteiger partial charge in [-0.05, 0) is 25.0 Å². The molecule has 1 aromatic carbocycles. The molecule has 0 spiro atoms. The molecule has 0 saturated carbocycles. The summed E-state index contributed by atoms with van der Waals surface area (Å²) < 4.78 is 19.5. The van der Waals surface area contributed by atoms with Gasteiger partial charge in [-0.15, -0.1) is 0 Å². The highest BCUT2D eigenvalue weighted by Crippen LogP contribution is 2.28. The van der Waals surface area contributed by atoms with Crippen molar-refractivity contribution in [1.29, 1.82) is 0 Å². The minimum Gasteiger partial charge on any atom is -0.445 e. The smallest absolute Gasteiger partial charge is 0.407 e. The van der Waals surface area contributed by atoms with E-state index in [1.165, 1.54) is 6.20 Å². The summed E-state index contributed by atoms with van der Waals surface area (Å²) in [5.74, 6) is -0.672. The van der Waals surface area contributed by atoms with Crippen LogP contribution in [0.25, 0.3) is 22.4 Å². The summed E-state index contributed by atoms with van der Waals surface area (Å²) in [5.41, 5.74) is 2.08. The maximum atomic E-state index is 14.4. The Bertz CT molecular complexity index is 1360. The van der Waals surface area contributed by atoms with Crippen molar-refractivity contribution in [1.82, 2.24) is 25.3 Å². The van der Waals surface area contributed by atoms with Gasteiger partial charge in [0.1, 0.15) is 12.3 Å². The fraction of sp³-hybridized carbons (Fsp3) is 0.240. The fourth-order valence-electron chi connectivity index (χ4n) is 3.49. The highest BCUT2D eigenvalue weighted by Gasteiger charge is 2.18. The Hall–Kier alpha value is -4.05. The molecule has 0 radical (unpaired) electrons. The first kappa shape index (κ1) is 25.1. The van der Waals surface area contributed by atoms with Crippen LogP contribution in [0.15, 0.2) is 55.0 Å². The third-order valence-corrected chi connectivity index (χ3v) is 5.61. The highest BCUT2D eigenvalue weighted by molar-refractivity contribution is 6.31. The molecule has 36 heavy (non-hydrogen) atoms. The lowest BCUT2D eigenvalue weighted by Crippen LogP contribution is -2.29. The Morgan fingerprint density at radius 2 is 2.00 bits per heavy atom. The number of amides is 1. The number of pyridine rings is 1. The van der Waals surface area contributed by atoms with Crippen LogP contribution in [0.2, 0.25) is 5.02 Å². The first-order valence-corrected chi connectivity index (χ1v) is 11.7. The molecule has 3 aromatic heterocycles. The number of hydrogen-bond donors (Lipinski definition) is 3. The van der Waals surface area contributed by atoms with Gasteiger partial charge in [-0.2, -0.15) is 0 Å². The number of H-pyrrole nitrogens is 1. The lowest BCUT2D eigenvalue weighted by molar-refractivity contribution is -0.119. The fourth-order valence-corrected chi connectivity index (χ4v) is 3.65. The molecule has 3 heterocycles. The molecule has 0 aliphatic rings. The second-order valence-electron chi connectivity index (χ2n) is 8.07. The van der Waals surface area contributed by atoms with Gasteiger partial charge in [0.25, 0.3) is 0 Å². The normalized spacial score (nSPS) is 11.8. The number of benzene rings is 1. The molecule has 1 amide bonds. The van der Waals surface area contributed by atoms with E-state index < -0.39 is 18.0 Å². The van der Waals surface area contributed by atoms with Crippen LogP contribution in [-0.4, -0.2) is 44.4 Å². The number of ether oxygens (including phenoxy) is 1. The summed E-state index contributed by atoms with van der Waals surface area (Å²) in [6, 6.07) is 10.3. The third-order valence-electron chi connectivity index (χ3n) is 5.40. The highest BCUT2D eigenvalue weighted by atomic mass is 35.5. The van der Waals surface area contributed by atoms with E-state index in [1.54, 1.807) is 19.2 Å². The molecule has 3 N–H and O–H groups in total. The summed E-state index contributed by atoms with van der Waals surface area (Å²) in [7, 11) is 0. The molecule has 4 rings (SSSR count). The molecule has 0 unspecified atom stereocenters. The predicted molar refractivity (Wildman–Crippen MR) is 134 cm³/mol. The molecule has 0 bridgehead atoms. The zero-order valence-corrected chi connectivity index (χ0v) is 20.2. The van der Waals surface area contributed by atoms with E-state index in [0.29, 0.717) is 28.0 Å². The van der Waals surface area contributed by atoms with Crippen LogP contribution in [0.3, 0.4) is 0 Å². The number of ketones is 1. The number of aromatic amines is 1. The molecule has 11 heteroatoms. The van der Waals surface area contributed by atoms with Crippen molar-refractivity contribution in [3.05, 3.63) is 71.4 Å². The minimum atomic E-state index is -0.702. The van der Waals surface area contributed by atoms with Crippen LogP contribution in [0.4, 0.5) is 15.0 Å². The average molecular weight is 511 g/mol. The maximum Gasteiger partial charge on any atom is 0.407 e. The second kappa shape index (κ2) is 11.6. The van der Waals surface area contributed by atoms with Gasteiger partial charge in [0.2, 0.25) is 0 Å². The van der Waals surface area contributed by atoms with Crippen molar-refractivity contribution >= 4 is 40.3 Å². The van der Waals surface area contributed by atoms with Crippen molar-refractivity contribution in [2.24, 2.45) is 0 Å². The molecule has 4 aromatic rings. The van der Waals surface area contributed by atoms with Gasteiger partial charge in [-0.1, -0.05) is 41.9 Å². The molecule has 1 atom stereocenters. The molecular weight excluding hydrogens is 487 g/mol. The number of alkyl carbamates (subject to hydrolysis) is 1. The molecule has 0 saturated heterocycles. The zero-order chi connectivity index (χ0) is 25.5. The number of aromatic nitrogens is 4. The van der Waals surface area contributed by atoms with E-state index in [9.17, 15) is 14.0 Å². The van der Waals surface area contributed by atoms with E-state index in [0.717, 1.165) is 11.8 Å². The van der Waals surface area contributed by atoms with Crippen molar-refractivity contribution in [3.63, 3.8) is 0 Å². The quantitative estimate of drug-likeness (QED) is 0.260. The number of rotatable bonds is 10. The Kier molecular flexibility index (Phi) is 8.06. The van der Waals surface area contributed by atoms with Gasteiger partial charge < -0.3 is 20.4 Å². The summed E-state index contributed by atoms with van der Waals surface area (Å²) in [5, 5.41) is 6.58. The van der Waals surface area contributed by atoms with E-state index in [-0.39, 0.29) is 37.0 Å². The van der Waals surface area contributed by atoms with E-state index >= 15 is 0 Å². The van der Waals surface area contributed by atoms with Crippen LogP contribution in [0.5, 0.6) is 0 Å². The standard InChI is InChI=1S/C25H24ClFN6O3/c1-15(21(34)8-5-9-28-25(35)36-14-16-6-3-2-4-7-16)32-24-20(27)13-31-23(33-24)19-12-30-22-18(19)10-17(26)11-29-22/h2-4,6-7,10-13,15H,5,8-9,14H2,1H3,(H,28,35)(H,29,30)(H,31,32,33)/t15-/m0/s1. The van der Waals surface area contributed by atoms with E-state index in [4.69, 9.17) is 16.3 Å². The van der Waals surface area contributed by atoms with Gasteiger partial charge >= 0.3 is 6.09 Å². The Morgan fingerprint density at radius 3 is 2.81 bits per heavy atom. The number of fused-ring (bicyclic) bond motifs is 1. The number of carbonyl (C=O) groups is 2. The minimum absolute atomic E-state index is 0.0900. The van der Waals surface area contributed by atoms with Crippen molar-refractivity contribution in [2.45, 2.75) is 32.4 Å². The lowest BCUT2D eigenvalue weighted by atomic mass is 10.1. The van der Waals surface area contributed by atoms with E-state index in [2.05, 4.69) is 30.6 Å². The largest absolute Gasteiger partial charge is 0.445 e. The van der Waals surface area contributed by atoms with Crippen LogP contribution in [0.1, 0.15) is 25.3 Å². The van der Waals surface area contributed by atoms with Gasteiger partial charge in [0.15, 0.2) is 23.2 Å². The van der Waals surface area contributed by atoms with Gasteiger partial charge in [0.05, 0.1) is 17.3 Å². The topological polar surface area (TPSA) is 122 Å². The number of anilines is 1. The summed E-state index contributed by atoms with van der Waals surface area (Å²) in [6.45, 7) is 2.07. The number of carbonyl (C=O) groups excluding carboxylic acids is 2. The second-order valence-corrected chi connectivity index (χ2v) is 8.50. The number of nitrogens with one attached hydrogen (secondary N) is 3. The molecule has 0 fully saturated rings. The van der Waals surface area contributed by atoms with Crippen LogP contribution in [-0.2, 0) is 16.1 Å². The van der Waals surface area contributed by atoms with Crippen molar-refractivity contribution < 1.29 is 18.7 Å². The van der Waals surface area contributed by atoms with Crippen LogP contribution < -0.4 is 10.6 Å². The van der Waals surface area contributed by atoms with Gasteiger partial charge in [-0.3, -0.25) is 4.79 Å². The molecule has 0 aliphatic carbocycles. The molecule has 9 nitrogen and oxygen atoms in total. The zero-order valence-electron chi connectivity index (χ0n) is 19.4. The Morgan fingerprint density at radius 1 is 1.19 bits per heavy atom. The van der Waals surface area contributed by atoms with Gasteiger partial charge in [-0.25, -0.2) is 24.1 Å². The average Bonchev–Trinajstić information content (AvgIpc) is 3.30. The monoisotopic (exact) mass is 510 g/mol. The van der Waals surface area contributed by atoms with Crippen molar-refractivity contribution in [2.75, 3.05) is 11.9 Å².